The monoisotopic (exact) mass is 724 g/mol. The number of methoxy groups -OCH3 is 1. The van der Waals surface area contributed by atoms with Crippen molar-refractivity contribution in [2.45, 2.75) is 110 Å². The van der Waals surface area contributed by atoms with E-state index in [1.54, 1.807) is 24.3 Å². The van der Waals surface area contributed by atoms with Crippen LogP contribution in [0.2, 0.25) is 0 Å². The Bertz CT molecular complexity index is 1490. The number of likely N-dealkylation sites (tertiary alicyclic amines) is 1. The number of amides is 2. The van der Waals surface area contributed by atoms with Gasteiger partial charge in [0.15, 0.2) is 11.9 Å². The van der Waals surface area contributed by atoms with Gasteiger partial charge < -0.3 is 19.7 Å². The van der Waals surface area contributed by atoms with Gasteiger partial charge in [0.2, 0.25) is 5.91 Å². The number of benzene rings is 1. The Morgan fingerprint density at radius 2 is 1.75 bits per heavy atom. The van der Waals surface area contributed by atoms with Crippen LogP contribution in [0.1, 0.15) is 106 Å². The number of likely N-dealkylation sites (N-methyl/N-ethyl adjacent to an activating group) is 1. The van der Waals surface area contributed by atoms with Gasteiger partial charge in [0.1, 0.15) is 10.7 Å². The lowest BCUT2D eigenvalue weighted by molar-refractivity contribution is -0.149. The van der Waals surface area contributed by atoms with Crippen LogP contribution in [0.4, 0.5) is 0 Å². The van der Waals surface area contributed by atoms with Gasteiger partial charge in [-0.15, -0.1) is 11.3 Å². The van der Waals surface area contributed by atoms with Crippen molar-refractivity contribution >= 4 is 40.9 Å². The molecule has 1 N–H and O–H groups in total. The summed E-state index contributed by atoms with van der Waals surface area (Å²) in [7, 11) is 5.13. The number of ketones is 1. The van der Waals surface area contributed by atoms with Crippen LogP contribution in [0.5, 0.6) is 0 Å². The van der Waals surface area contributed by atoms with E-state index in [4.69, 9.17) is 9.47 Å². The summed E-state index contributed by atoms with van der Waals surface area (Å²) >= 11 is 1.22. The van der Waals surface area contributed by atoms with Gasteiger partial charge in [-0.05, 0) is 69.5 Å². The predicted octanol–water partition coefficient (Wildman–Crippen LogP) is 5.63. The van der Waals surface area contributed by atoms with Gasteiger partial charge >= 0.3 is 11.9 Å². The number of hydrogen-bond donors (Lipinski definition) is 1. The average Bonchev–Trinajstić information content (AvgIpc) is 3.82. The molecular weight excluding hydrogens is 669 g/mol. The average molecular weight is 725 g/mol. The highest BCUT2D eigenvalue weighted by atomic mass is 32.1. The first-order valence-electron chi connectivity index (χ1n) is 18.3. The number of carbonyl (C=O) groups excluding carboxylic acids is 5. The van der Waals surface area contributed by atoms with Gasteiger partial charge in [-0.3, -0.25) is 28.9 Å². The molecule has 12 heteroatoms. The molecule has 2 aliphatic rings. The molecule has 2 aromatic rings. The first-order valence-corrected chi connectivity index (χ1v) is 19.2. The van der Waals surface area contributed by atoms with Crippen LogP contribution in [0.15, 0.2) is 35.7 Å². The smallest absolute Gasteiger partial charge is 0.308 e. The third-order valence-corrected chi connectivity index (χ3v) is 11.3. The highest BCUT2D eigenvalue weighted by Crippen LogP contribution is 2.41. The van der Waals surface area contributed by atoms with Crippen LogP contribution < -0.4 is 5.32 Å². The van der Waals surface area contributed by atoms with Crippen LogP contribution in [0, 0.1) is 23.7 Å². The normalized spacial score (nSPS) is 19.3. The van der Waals surface area contributed by atoms with E-state index >= 15 is 0 Å². The summed E-state index contributed by atoms with van der Waals surface area (Å²) in [6.07, 6.45) is 5.48. The molecule has 2 fully saturated rings. The molecule has 2 heterocycles. The van der Waals surface area contributed by atoms with Gasteiger partial charge in [0.25, 0.3) is 5.91 Å². The van der Waals surface area contributed by atoms with Gasteiger partial charge in [0, 0.05) is 50.2 Å². The van der Waals surface area contributed by atoms with E-state index in [0.717, 1.165) is 44.2 Å². The Balaban J connectivity index is 1.49. The predicted molar refractivity (Wildman–Crippen MR) is 196 cm³/mol. The number of aromatic nitrogens is 1. The summed E-state index contributed by atoms with van der Waals surface area (Å²) in [4.78, 5) is 74.2. The minimum absolute atomic E-state index is 0.00955. The minimum Gasteiger partial charge on any atom is -0.469 e. The standard InChI is InChI=1S/C39H56N4O7S/c1-24(2)33(43(6)38(47)30(28-16-17-28)21-34(45)32-15-11-12-18-42(32)5)22-35(50-26(4)44)37-41-31(23-51-37)36(46)40-29(19-25(3)39(48)49-7)20-27-13-9-8-10-14-27/h8-10,13-14,23-25,28-30,32-33,35H,11-12,15-22H2,1-7H3,(H,40,46)/t25-,29+,30-,32+,33+,35+/m0/s1. The Morgan fingerprint density at radius 1 is 1.04 bits per heavy atom. The summed E-state index contributed by atoms with van der Waals surface area (Å²) < 4.78 is 10.7. The van der Waals surface area contributed by atoms with E-state index in [1.807, 2.05) is 51.2 Å². The summed E-state index contributed by atoms with van der Waals surface area (Å²) in [5.74, 6) is -1.72. The maximum Gasteiger partial charge on any atom is 0.308 e. The fourth-order valence-corrected chi connectivity index (χ4v) is 8.16. The van der Waals surface area contributed by atoms with Crippen molar-refractivity contribution in [2.24, 2.45) is 23.7 Å². The number of piperidine rings is 1. The summed E-state index contributed by atoms with van der Waals surface area (Å²) in [6.45, 7) is 8.05. The molecule has 6 atom stereocenters. The van der Waals surface area contributed by atoms with Crippen LogP contribution in [0.25, 0.3) is 0 Å². The molecule has 0 bridgehead atoms. The maximum atomic E-state index is 14.1. The van der Waals surface area contributed by atoms with Crippen LogP contribution in [-0.2, 0) is 35.1 Å². The third kappa shape index (κ3) is 11.4. The van der Waals surface area contributed by atoms with Crippen molar-refractivity contribution in [2.75, 3.05) is 27.7 Å². The van der Waals surface area contributed by atoms with Gasteiger partial charge in [-0.25, -0.2) is 4.98 Å². The zero-order valence-electron chi connectivity index (χ0n) is 31.3. The van der Waals surface area contributed by atoms with Crippen LogP contribution >= 0.6 is 11.3 Å². The highest BCUT2D eigenvalue weighted by molar-refractivity contribution is 7.09. The van der Waals surface area contributed by atoms with E-state index in [2.05, 4.69) is 15.2 Å². The molecule has 11 nitrogen and oxygen atoms in total. The third-order valence-electron chi connectivity index (χ3n) is 10.4. The van der Waals surface area contributed by atoms with E-state index in [1.165, 1.54) is 25.4 Å². The molecule has 51 heavy (non-hydrogen) atoms. The molecule has 1 aliphatic heterocycles. The zero-order valence-corrected chi connectivity index (χ0v) is 32.1. The quantitative estimate of drug-likeness (QED) is 0.194. The van der Waals surface area contributed by atoms with Crippen molar-refractivity contribution in [1.82, 2.24) is 20.1 Å². The molecule has 2 amide bonds. The molecule has 0 radical (unpaired) electrons. The number of esters is 2. The Labute approximate surface area is 306 Å². The first-order chi connectivity index (χ1) is 24.3. The lowest BCUT2D eigenvalue weighted by Gasteiger charge is -2.36. The lowest BCUT2D eigenvalue weighted by atomic mass is 9.88. The zero-order chi connectivity index (χ0) is 37.2. The maximum absolute atomic E-state index is 14.1. The summed E-state index contributed by atoms with van der Waals surface area (Å²) in [6, 6.07) is 8.91. The molecule has 0 spiro atoms. The largest absolute Gasteiger partial charge is 0.469 e. The fourth-order valence-electron chi connectivity index (χ4n) is 7.33. The summed E-state index contributed by atoms with van der Waals surface area (Å²) in [5, 5.41) is 5.15. The van der Waals surface area contributed by atoms with E-state index in [9.17, 15) is 24.0 Å². The lowest BCUT2D eigenvalue weighted by Crippen LogP contribution is -2.47. The van der Waals surface area contributed by atoms with Crippen molar-refractivity contribution < 1.29 is 33.4 Å². The van der Waals surface area contributed by atoms with E-state index < -0.39 is 23.9 Å². The molecule has 0 unspecified atom stereocenters. The number of ether oxygens (including phenoxy) is 2. The van der Waals surface area contributed by atoms with Gasteiger partial charge in [-0.2, -0.15) is 0 Å². The van der Waals surface area contributed by atoms with E-state index in [0.29, 0.717) is 17.8 Å². The van der Waals surface area contributed by atoms with Crippen molar-refractivity contribution in [3.05, 3.63) is 52.0 Å². The molecule has 4 rings (SSSR count). The number of nitrogens with zero attached hydrogens (tertiary/aromatic N) is 3. The van der Waals surface area contributed by atoms with Crippen molar-refractivity contribution in [1.29, 1.82) is 0 Å². The second-order valence-corrected chi connectivity index (χ2v) is 15.7. The highest BCUT2D eigenvalue weighted by Gasteiger charge is 2.42. The second-order valence-electron chi connectivity index (χ2n) is 14.8. The minimum atomic E-state index is -0.784. The number of Topliss-reactive ketones (excluding diaryl/α,β-unsaturated/α-hetero) is 1. The Morgan fingerprint density at radius 3 is 2.35 bits per heavy atom. The first kappa shape index (κ1) is 40.1. The molecule has 1 aromatic heterocycles. The van der Waals surface area contributed by atoms with E-state index in [-0.39, 0.29) is 72.1 Å². The van der Waals surface area contributed by atoms with Crippen LogP contribution in [0.3, 0.4) is 0 Å². The fraction of sp³-hybridized carbons (Fsp3) is 0.641. The van der Waals surface area contributed by atoms with Gasteiger partial charge in [0.05, 0.1) is 19.1 Å². The van der Waals surface area contributed by atoms with Crippen LogP contribution in [-0.4, -0.2) is 90.2 Å². The molecule has 1 saturated carbocycles. The number of nitrogens with one attached hydrogen (secondary N) is 1. The molecule has 1 saturated heterocycles. The topological polar surface area (TPSA) is 135 Å². The molecule has 1 aliphatic carbocycles. The number of hydrogen-bond acceptors (Lipinski definition) is 10. The summed E-state index contributed by atoms with van der Waals surface area (Å²) in [5.41, 5.74) is 1.20. The Kier molecular flexibility index (Phi) is 14.7. The Hall–Kier alpha value is -3.64. The number of rotatable bonds is 18. The van der Waals surface area contributed by atoms with Crippen molar-refractivity contribution in [3.63, 3.8) is 0 Å². The van der Waals surface area contributed by atoms with Crippen molar-refractivity contribution in [3.8, 4) is 0 Å². The second kappa shape index (κ2) is 18.7. The van der Waals surface area contributed by atoms with Gasteiger partial charge in [-0.1, -0.05) is 57.5 Å². The molecule has 280 valence electrons. The number of thiazole rings is 1. The molecule has 1 aromatic carbocycles. The SMILES string of the molecule is COC(=O)[C@@H](C)C[C@H](Cc1ccccc1)NC(=O)c1csc([C@@H](C[C@H](C(C)C)N(C)C(=O)[C@@H](CC(=O)[C@H]2CCCCN2C)C2CC2)OC(C)=O)n1. The number of carbonyl (C=O) groups is 5. The molecular formula is C39H56N4O7S.